The summed E-state index contributed by atoms with van der Waals surface area (Å²) in [6.07, 6.45) is 3.90. The number of carbonyl (C=O) groups excluding carboxylic acids is 2. The zero-order valence-electron chi connectivity index (χ0n) is 11.5. The van der Waals surface area contributed by atoms with Gasteiger partial charge in [-0.2, -0.15) is 0 Å². The predicted octanol–water partition coefficient (Wildman–Crippen LogP) is 2.95. The van der Waals surface area contributed by atoms with Gasteiger partial charge in [0.2, 0.25) is 12.2 Å². The van der Waals surface area contributed by atoms with E-state index in [1.807, 2.05) is 48.5 Å². The van der Waals surface area contributed by atoms with Gasteiger partial charge in [-0.25, -0.2) is 19.6 Å². The van der Waals surface area contributed by atoms with E-state index in [1.54, 1.807) is 0 Å². The van der Waals surface area contributed by atoms with Crippen molar-refractivity contribution < 1.29 is 9.59 Å². The summed E-state index contributed by atoms with van der Waals surface area (Å²) in [5.74, 6) is 0. The Balaban J connectivity index is 2.00. The lowest BCUT2D eigenvalue weighted by atomic mass is 10.0. The third-order valence-corrected chi connectivity index (χ3v) is 3.11. The minimum atomic E-state index is 0.371. The van der Waals surface area contributed by atoms with Crippen LogP contribution in [-0.4, -0.2) is 12.2 Å². The molecular formula is C17H14N2O2. The van der Waals surface area contributed by atoms with Crippen LogP contribution in [0.3, 0.4) is 0 Å². The number of rotatable bonds is 6. The molecule has 2 aromatic rings. The monoisotopic (exact) mass is 278 g/mol. The Kier molecular flexibility index (Phi) is 5.36. The van der Waals surface area contributed by atoms with Crippen molar-refractivity contribution in [2.24, 2.45) is 9.98 Å². The zero-order chi connectivity index (χ0) is 14.9. The van der Waals surface area contributed by atoms with Crippen molar-refractivity contribution in [3.63, 3.8) is 0 Å². The van der Waals surface area contributed by atoms with Gasteiger partial charge in [0.15, 0.2) is 0 Å². The smallest absolute Gasteiger partial charge is 0.211 e. The van der Waals surface area contributed by atoms with Crippen molar-refractivity contribution in [3.8, 4) is 0 Å². The number of hydrogen-bond acceptors (Lipinski definition) is 4. The first-order chi connectivity index (χ1) is 10.3. The van der Waals surface area contributed by atoms with Crippen LogP contribution in [0, 0.1) is 0 Å². The molecule has 0 bridgehead atoms. The number of hydrogen-bond donors (Lipinski definition) is 0. The average molecular weight is 278 g/mol. The molecule has 0 radical (unpaired) electrons. The number of nitrogens with zero attached hydrogens (tertiary/aromatic N) is 2. The quantitative estimate of drug-likeness (QED) is 0.602. The molecule has 2 aromatic carbocycles. The molecule has 0 amide bonds. The van der Waals surface area contributed by atoms with Crippen LogP contribution in [0.2, 0.25) is 0 Å². The molecule has 0 heterocycles. The normalized spacial score (nSPS) is 9.52. The Labute approximate surface area is 122 Å². The van der Waals surface area contributed by atoms with Crippen LogP contribution in [0.15, 0.2) is 58.5 Å². The van der Waals surface area contributed by atoms with E-state index in [9.17, 15) is 9.59 Å². The van der Waals surface area contributed by atoms with Crippen molar-refractivity contribution in [2.75, 3.05) is 0 Å². The highest BCUT2D eigenvalue weighted by Crippen LogP contribution is 2.13. The summed E-state index contributed by atoms with van der Waals surface area (Å²) >= 11 is 0. The third-order valence-electron chi connectivity index (χ3n) is 3.11. The molecule has 4 heteroatoms. The van der Waals surface area contributed by atoms with Crippen LogP contribution >= 0.6 is 0 Å². The molecule has 0 spiro atoms. The van der Waals surface area contributed by atoms with E-state index in [2.05, 4.69) is 9.98 Å². The van der Waals surface area contributed by atoms with Gasteiger partial charge < -0.3 is 0 Å². The van der Waals surface area contributed by atoms with Gasteiger partial charge in [0.25, 0.3) is 0 Å². The first-order valence-corrected chi connectivity index (χ1v) is 6.54. The summed E-state index contributed by atoms with van der Waals surface area (Å²) in [6, 6.07) is 16.0. The van der Waals surface area contributed by atoms with Gasteiger partial charge in [0.1, 0.15) is 0 Å². The molecule has 4 nitrogen and oxygen atoms in total. The Morgan fingerprint density at radius 3 is 1.29 bits per heavy atom. The summed E-state index contributed by atoms with van der Waals surface area (Å²) in [5.41, 5.74) is 4.35. The van der Waals surface area contributed by atoms with Crippen LogP contribution in [0.5, 0.6) is 0 Å². The molecule has 21 heavy (non-hydrogen) atoms. The van der Waals surface area contributed by atoms with E-state index in [0.717, 1.165) is 17.5 Å². The van der Waals surface area contributed by atoms with Gasteiger partial charge in [0, 0.05) is 0 Å². The maximum absolute atomic E-state index is 10.1. The maximum atomic E-state index is 10.1. The predicted molar refractivity (Wildman–Crippen MR) is 79.3 cm³/mol. The standard InChI is InChI=1S/C17H14N2O2/c20-12-18-10-16-5-1-14(2-6-16)9-15-3-7-17(8-4-15)11-19-13-21/h1-8H,9-11H2. The summed E-state index contributed by atoms with van der Waals surface area (Å²) in [4.78, 5) is 27.2. The highest BCUT2D eigenvalue weighted by Gasteiger charge is 1.98. The topological polar surface area (TPSA) is 58.9 Å². The van der Waals surface area contributed by atoms with Gasteiger partial charge in [-0.15, -0.1) is 0 Å². The molecule has 0 aliphatic carbocycles. The summed E-state index contributed by atoms with van der Waals surface area (Å²) in [5, 5.41) is 0. The van der Waals surface area contributed by atoms with Crippen molar-refractivity contribution in [1.82, 2.24) is 0 Å². The largest absolute Gasteiger partial charge is 0.235 e. The van der Waals surface area contributed by atoms with Gasteiger partial charge in [-0.1, -0.05) is 48.5 Å². The van der Waals surface area contributed by atoms with Gasteiger partial charge in [-0.3, -0.25) is 0 Å². The van der Waals surface area contributed by atoms with Gasteiger partial charge >= 0.3 is 0 Å². The molecule has 0 saturated carbocycles. The highest BCUT2D eigenvalue weighted by atomic mass is 16.1. The molecule has 104 valence electrons. The fourth-order valence-electron chi connectivity index (χ4n) is 2.01. The zero-order valence-corrected chi connectivity index (χ0v) is 11.5. The molecule has 0 fully saturated rings. The van der Waals surface area contributed by atoms with Crippen LogP contribution in [0.4, 0.5) is 0 Å². The molecule has 2 rings (SSSR count). The van der Waals surface area contributed by atoms with E-state index < -0.39 is 0 Å². The Hall–Kier alpha value is -2.80. The van der Waals surface area contributed by atoms with Crippen molar-refractivity contribution >= 4 is 12.2 Å². The number of aliphatic imine (C=N–C) groups is 2. The first-order valence-electron chi connectivity index (χ1n) is 6.54. The lowest BCUT2D eigenvalue weighted by Crippen LogP contribution is -1.90. The third kappa shape index (κ3) is 4.66. The van der Waals surface area contributed by atoms with Crippen LogP contribution < -0.4 is 0 Å². The fourth-order valence-corrected chi connectivity index (χ4v) is 2.01. The molecular weight excluding hydrogens is 264 g/mol. The van der Waals surface area contributed by atoms with Gasteiger partial charge in [-0.05, 0) is 28.7 Å². The lowest BCUT2D eigenvalue weighted by Gasteiger charge is -2.04. The second-order valence-corrected chi connectivity index (χ2v) is 4.62. The molecule has 0 aliphatic rings. The Morgan fingerprint density at radius 2 is 0.952 bits per heavy atom. The molecule has 0 atom stereocenters. The minimum Gasteiger partial charge on any atom is -0.211 e. The van der Waals surface area contributed by atoms with E-state index in [1.165, 1.54) is 23.3 Å². The first kappa shape index (κ1) is 14.6. The molecule has 0 N–H and O–H groups in total. The second-order valence-electron chi connectivity index (χ2n) is 4.62. The molecule has 0 unspecified atom stereocenters. The highest BCUT2D eigenvalue weighted by molar-refractivity contribution is 5.35. The van der Waals surface area contributed by atoms with Crippen LogP contribution in [-0.2, 0) is 29.1 Å². The van der Waals surface area contributed by atoms with Gasteiger partial charge in [0.05, 0.1) is 13.1 Å². The fraction of sp³-hybridized carbons (Fsp3) is 0.176. The Bertz CT molecular complexity index is 616. The maximum Gasteiger partial charge on any atom is 0.235 e. The van der Waals surface area contributed by atoms with Crippen molar-refractivity contribution in [1.29, 1.82) is 0 Å². The molecule has 0 aliphatic heterocycles. The second kappa shape index (κ2) is 7.71. The Morgan fingerprint density at radius 1 is 0.619 bits per heavy atom. The van der Waals surface area contributed by atoms with E-state index in [4.69, 9.17) is 0 Å². The lowest BCUT2D eigenvalue weighted by molar-refractivity contribution is 0.562. The van der Waals surface area contributed by atoms with E-state index >= 15 is 0 Å². The summed E-state index contributed by atoms with van der Waals surface area (Å²) in [7, 11) is 0. The van der Waals surface area contributed by atoms with Crippen LogP contribution in [0.1, 0.15) is 22.3 Å². The number of isocyanates is 2. The number of benzene rings is 2. The van der Waals surface area contributed by atoms with Crippen LogP contribution in [0.25, 0.3) is 0 Å². The minimum absolute atomic E-state index is 0.371. The van der Waals surface area contributed by atoms with Crippen molar-refractivity contribution in [2.45, 2.75) is 19.5 Å². The SMILES string of the molecule is O=C=NCc1ccc(Cc2ccc(CN=C=O)cc2)cc1. The molecule has 0 aromatic heterocycles. The van der Waals surface area contributed by atoms with E-state index in [-0.39, 0.29) is 0 Å². The summed E-state index contributed by atoms with van der Waals surface area (Å²) in [6.45, 7) is 0.742. The van der Waals surface area contributed by atoms with E-state index in [0.29, 0.717) is 13.1 Å². The average Bonchev–Trinajstić information content (AvgIpc) is 2.53. The molecule has 0 saturated heterocycles. The summed E-state index contributed by atoms with van der Waals surface area (Å²) < 4.78 is 0. The van der Waals surface area contributed by atoms with Crippen molar-refractivity contribution in [3.05, 3.63) is 70.8 Å².